The third-order valence-electron chi connectivity index (χ3n) is 3.74. The van der Waals surface area contributed by atoms with E-state index in [1.54, 1.807) is 9.58 Å². The van der Waals surface area contributed by atoms with Crippen LogP contribution in [0.1, 0.15) is 30.7 Å². The number of aromatic nitrogens is 3. The zero-order valence-corrected chi connectivity index (χ0v) is 11.6. The van der Waals surface area contributed by atoms with Crippen LogP contribution in [0.3, 0.4) is 0 Å². The summed E-state index contributed by atoms with van der Waals surface area (Å²) in [5.41, 5.74) is 2.20. The van der Waals surface area contributed by atoms with Gasteiger partial charge in [0.05, 0.1) is 17.9 Å². The van der Waals surface area contributed by atoms with Crippen molar-refractivity contribution in [1.29, 1.82) is 0 Å². The first kappa shape index (κ1) is 12.7. The van der Waals surface area contributed by atoms with Gasteiger partial charge < -0.3 is 4.90 Å². The largest absolute Gasteiger partial charge is 0.336 e. The van der Waals surface area contributed by atoms with E-state index in [4.69, 9.17) is 11.6 Å². The third kappa shape index (κ3) is 2.66. The number of carbonyl (C=O) groups excluding carboxylic acids is 1. The number of hydrogen-bond acceptors (Lipinski definition) is 3. The molecule has 3 rings (SSSR count). The summed E-state index contributed by atoms with van der Waals surface area (Å²) in [6.07, 6.45) is 7.11. The molecule has 0 atom stereocenters. The monoisotopic (exact) mass is 280 g/mol. The minimum absolute atomic E-state index is 0.0736. The molecule has 0 bridgehead atoms. The summed E-state index contributed by atoms with van der Waals surface area (Å²) in [5, 5.41) is 9.05. The van der Waals surface area contributed by atoms with Crippen molar-refractivity contribution in [3.8, 4) is 0 Å². The lowest BCUT2D eigenvalue weighted by atomic mass is 10.0. The molecule has 0 fully saturated rings. The zero-order chi connectivity index (χ0) is 13.2. The maximum atomic E-state index is 12.2. The Bertz CT molecular complexity index is 523. The number of nitrogens with zero attached hydrogens (tertiary/aromatic N) is 4. The number of hydrogen-bond donors (Lipinski definition) is 0. The second-order valence-corrected chi connectivity index (χ2v) is 5.59. The van der Waals surface area contributed by atoms with Gasteiger partial charge in [-0.3, -0.25) is 4.79 Å². The van der Waals surface area contributed by atoms with Gasteiger partial charge in [0, 0.05) is 11.6 Å². The van der Waals surface area contributed by atoms with E-state index in [-0.39, 0.29) is 12.5 Å². The Morgan fingerprint density at radius 2 is 2.21 bits per heavy atom. The van der Waals surface area contributed by atoms with Crippen LogP contribution in [0.5, 0.6) is 0 Å². The van der Waals surface area contributed by atoms with E-state index < -0.39 is 0 Å². The van der Waals surface area contributed by atoms with Gasteiger partial charge in [0.2, 0.25) is 5.91 Å². The van der Waals surface area contributed by atoms with Gasteiger partial charge in [0.15, 0.2) is 0 Å². The van der Waals surface area contributed by atoms with Gasteiger partial charge in [-0.1, -0.05) is 22.9 Å². The highest BCUT2D eigenvalue weighted by Crippen LogP contribution is 2.19. The SMILES string of the molecule is O=C(Cn1nnc2c1CCCC2)N1CCC=C(Cl)C1. The van der Waals surface area contributed by atoms with Crippen LogP contribution in [-0.4, -0.2) is 38.9 Å². The van der Waals surface area contributed by atoms with E-state index in [1.807, 2.05) is 6.08 Å². The molecule has 0 radical (unpaired) electrons. The van der Waals surface area contributed by atoms with Crippen molar-refractivity contribution in [1.82, 2.24) is 19.9 Å². The topological polar surface area (TPSA) is 51.0 Å². The Morgan fingerprint density at radius 1 is 1.37 bits per heavy atom. The Kier molecular flexibility index (Phi) is 3.55. The number of halogens is 1. The van der Waals surface area contributed by atoms with Gasteiger partial charge in [-0.2, -0.15) is 0 Å². The maximum Gasteiger partial charge on any atom is 0.244 e. The smallest absolute Gasteiger partial charge is 0.244 e. The number of carbonyl (C=O) groups is 1. The van der Waals surface area contributed by atoms with Crippen LogP contribution in [0, 0.1) is 0 Å². The number of fused-ring (bicyclic) bond motifs is 1. The highest BCUT2D eigenvalue weighted by molar-refractivity contribution is 6.30. The van der Waals surface area contributed by atoms with Crippen molar-refractivity contribution >= 4 is 17.5 Å². The Balaban J connectivity index is 1.69. The van der Waals surface area contributed by atoms with Crippen molar-refractivity contribution in [2.45, 2.75) is 38.6 Å². The summed E-state index contributed by atoms with van der Waals surface area (Å²) in [4.78, 5) is 14.0. The molecule has 0 saturated heterocycles. The van der Waals surface area contributed by atoms with Gasteiger partial charge in [-0.25, -0.2) is 4.68 Å². The van der Waals surface area contributed by atoms with E-state index in [0.29, 0.717) is 6.54 Å². The fourth-order valence-electron chi connectivity index (χ4n) is 2.69. The summed E-state index contributed by atoms with van der Waals surface area (Å²) in [5.74, 6) is 0.0736. The predicted octanol–water partition coefficient (Wildman–Crippen LogP) is 1.51. The lowest BCUT2D eigenvalue weighted by Gasteiger charge is -2.25. The molecule has 1 amide bonds. The predicted molar refractivity (Wildman–Crippen MR) is 71.8 cm³/mol. The molecule has 0 saturated carbocycles. The molecular formula is C13H17ClN4O. The van der Waals surface area contributed by atoms with Crippen LogP contribution in [-0.2, 0) is 24.2 Å². The number of rotatable bonds is 2. The van der Waals surface area contributed by atoms with Gasteiger partial charge >= 0.3 is 0 Å². The fourth-order valence-corrected chi connectivity index (χ4v) is 2.95. The molecule has 0 N–H and O–H groups in total. The summed E-state index contributed by atoms with van der Waals surface area (Å²) < 4.78 is 1.77. The molecule has 0 unspecified atom stereocenters. The molecule has 6 heteroatoms. The van der Waals surface area contributed by atoms with Gasteiger partial charge in [-0.15, -0.1) is 5.10 Å². The van der Waals surface area contributed by atoms with Crippen molar-refractivity contribution < 1.29 is 4.79 Å². The van der Waals surface area contributed by atoms with Crippen LogP contribution >= 0.6 is 11.6 Å². The lowest BCUT2D eigenvalue weighted by Crippen LogP contribution is -2.37. The molecule has 1 aliphatic heterocycles. The van der Waals surface area contributed by atoms with Gasteiger partial charge in [-0.05, 0) is 32.1 Å². The van der Waals surface area contributed by atoms with Crippen LogP contribution in [0.15, 0.2) is 11.1 Å². The molecule has 2 aliphatic rings. The normalized spacial score (nSPS) is 19.0. The summed E-state index contributed by atoms with van der Waals surface area (Å²) in [6.45, 7) is 1.55. The minimum atomic E-state index is 0.0736. The molecular weight excluding hydrogens is 264 g/mol. The lowest BCUT2D eigenvalue weighted by molar-refractivity contribution is -0.131. The molecule has 19 heavy (non-hydrogen) atoms. The van der Waals surface area contributed by atoms with Gasteiger partial charge in [0.1, 0.15) is 6.54 Å². The summed E-state index contributed by atoms with van der Waals surface area (Å²) >= 11 is 5.99. The van der Waals surface area contributed by atoms with E-state index in [2.05, 4.69) is 10.3 Å². The Morgan fingerprint density at radius 3 is 3.05 bits per heavy atom. The second-order valence-electron chi connectivity index (χ2n) is 5.10. The Hall–Kier alpha value is -1.36. The molecule has 0 aromatic carbocycles. The summed E-state index contributed by atoms with van der Waals surface area (Å²) in [7, 11) is 0. The second kappa shape index (κ2) is 5.33. The van der Waals surface area contributed by atoms with E-state index in [9.17, 15) is 4.79 Å². The van der Waals surface area contributed by atoms with Crippen LogP contribution in [0.25, 0.3) is 0 Å². The highest BCUT2D eigenvalue weighted by atomic mass is 35.5. The Labute approximate surface area is 117 Å². The van der Waals surface area contributed by atoms with E-state index in [0.717, 1.165) is 48.6 Å². The van der Waals surface area contributed by atoms with Crippen molar-refractivity contribution in [3.05, 3.63) is 22.5 Å². The first-order chi connectivity index (χ1) is 9.24. The molecule has 2 heterocycles. The standard InChI is InChI=1S/C13H17ClN4O/c14-10-4-3-7-17(8-10)13(19)9-18-12-6-2-1-5-11(12)15-16-18/h4H,1-3,5-9H2. The molecule has 0 spiro atoms. The third-order valence-corrected chi connectivity index (χ3v) is 4.01. The molecule has 5 nitrogen and oxygen atoms in total. The first-order valence-corrected chi connectivity index (χ1v) is 7.15. The van der Waals surface area contributed by atoms with Gasteiger partial charge in [0.25, 0.3) is 0 Å². The molecule has 1 aliphatic carbocycles. The molecule has 1 aromatic rings. The average Bonchev–Trinajstić information content (AvgIpc) is 2.82. The van der Waals surface area contributed by atoms with Crippen molar-refractivity contribution in [3.63, 3.8) is 0 Å². The number of amides is 1. The van der Waals surface area contributed by atoms with E-state index in [1.165, 1.54) is 6.42 Å². The van der Waals surface area contributed by atoms with E-state index >= 15 is 0 Å². The van der Waals surface area contributed by atoms with Crippen molar-refractivity contribution in [2.75, 3.05) is 13.1 Å². The molecule has 1 aromatic heterocycles. The highest BCUT2D eigenvalue weighted by Gasteiger charge is 2.22. The summed E-state index contributed by atoms with van der Waals surface area (Å²) in [6, 6.07) is 0. The zero-order valence-electron chi connectivity index (χ0n) is 10.8. The van der Waals surface area contributed by atoms with Crippen LogP contribution in [0.4, 0.5) is 0 Å². The van der Waals surface area contributed by atoms with Crippen LogP contribution in [0.2, 0.25) is 0 Å². The minimum Gasteiger partial charge on any atom is -0.336 e. The van der Waals surface area contributed by atoms with Crippen LogP contribution < -0.4 is 0 Å². The molecule has 102 valence electrons. The van der Waals surface area contributed by atoms with Crippen molar-refractivity contribution in [2.24, 2.45) is 0 Å². The quantitative estimate of drug-likeness (QED) is 0.825. The average molecular weight is 281 g/mol. The maximum absolute atomic E-state index is 12.2. The fraction of sp³-hybridized carbons (Fsp3) is 0.615. The number of aryl methyl sites for hydroxylation is 1. The first-order valence-electron chi connectivity index (χ1n) is 6.77.